The molecule has 1 aliphatic carbocycles. The van der Waals surface area contributed by atoms with Gasteiger partial charge in [0.2, 0.25) is 11.8 Å². The number of hydrogen-bond acceptors (Lipinski definition) is 5. The van der Waals surface area contributed by atoms with E-state index >= 15 is 0 Å². The van der Waals surface area contributed by atoms with Crippen LogP contribution in [0.4, 0.5) is 5.69 Å². The van der Waals surface area contributed by atoms with Crippen molar-refractivity contribution in [2.24, 2.45) is 0 Å². The number of carbonyl (C=O) groups is 2. The topological polar surface area (TPSA) is 96.0 Å². The first-order valence-corrected chi connectivity index (χ1v) is 17.1. The highest BCUT2D eigenvalue weighted by atomic mass is 35.5. The lowest BCUT2D eigenvalue weighted by atomic mass is 10.1. The van der Waals surface area contributed by atoms with Crippen molar-refractivity contribution in [2.45, 2.75) is 76.4 Å². The molecule has 236 valence electrons. The number of rotatable bonds is 13. The first-order chi connectivity index (χ1) is 21.0. The Bertz CT molecular complexity index is 1560. The largest absolute Gasteiger partial charge is 0.492 e. The number of amides is 2. The van der Waals surface area contributed by atoms with E-state index in [0.717, 1.165) is 35.6 Å². The molecule has 0 radical (unpaired) electrons. The highest BCUT2D eigenvalue weighted by Gasteiger charge is 2.35. The molecule has 8 nitrogen and oxygen atoms in total. The number of carbonyl (C=O) groups excluding carboxylic acids is 2. The molecule has 1 atom stereocenters. The van der Waals surface area contributed by atoms with E-state index in [1.165, 1.54) is 17.0 Å². The molecule has 0 aliphatic heterocycles. The van der Waals surface area contributed by atoms with Gasteiger partial charge in [0.1, 0.15) is 18.3 Å². The molecule has 1 N–H and O–H groups in total. The third kappa shape index (κ3) is 8.06. The SMILES string of the molecule is CCOc1ccccc1N(CC(=O)N(Cc1ccc(Cl)cc1Cl)[C@H](CC)C(=O)NC1CCCC1)S(=O)(=O)c1ccc(C)cc1. The number of nitrogens with one attached hydrogen (secondary N) is 1. The molecule has 44 heavy (non-hydrogen) atoms. The molecule has 0 spiro atoms. The van der Waals surface area contributed by atoms with Gasteiger partial charge >= 0.3 is 0 Å². The number of para-hydroxylation sites is 2. The Morgan fingerprint density at radius 2 is 1.68 bits per heavy atom. The van der Waals surface area contributed by atoms with Gasteiger partial charge in [-0.1, -0.05) is 78.9 Å². The van der Waals surface area contributed by atoms with Crippen LogP contribution >= 0.6 is 23.2 Å². The summed E-state index contributed by atoms with van der Waals surface area (Å²) in [5.41, 5.74) is 1.70. The van der Waals surface area contributed by atoms with E-state index in [0.29, 0.717) is 34.4 Å². The Labute approximate surface area is 270 Å². The summed E-state index contributed by atoms with van der Waals surface area (Å²) in [6, 6.07) is 17.3. The Hall–Kier alpha value is -3.27. The van der Waals surface area contributed by atoms with Crippen LogP contribution in [0, 0.1) is 6.92 Å². The standard InChI is InChI=1S/C33H39Cl2N3O5S/c1-4-29(33(40)36-26-10-6-7-11-26)37(21-24-16-17-25(34)20-28(24)35)32(39)22-38(30-12-8-9-13-31(30)43-5-2)44(41,42)27-18-14-23(3)15-19-27/h8-9,12-20,26,29H,4-7,10-11,21-22H2,1-3H3,(H,36,40)/t29-/m1/s1. The first kappa shape index (κ1) is 33.6. The smallest absolute Gasteiger partial charge is 0.264 e. The van der Waals surface area contributed by atoms with Crippen molar-refractivity contribution in [1.82, 2.24) is 10.2 Å². The summed E-state index contributed by atoms with van der Waals surface area (Å²) < 4.78 is 35.2. The Morgan fingerprint density at radius 1 is 1.00 bits per heavy atom. The number of ether oxygens (including phenoxy) is 1. The van der Waals surface area contributed by atoms with Crippen molar-refractivity contribution in [1.29, 1.82) is 0 Å². The number of hydrogen-bond donors (Lipinski definition) is 1. The van der Waals surface area contributed by atoms with E-state index in [4.69, 9.17) is 27.9 Å². The molecule has 4 rings (SSSR count). The van der Waals surface area contributed by atoms with Gasteiger partial charge in [-0.2, -0.15) is 0 Å². The minimum atomic E-state index is -4.24. The maximum atomic E-state index is 14.4. The normalized spacial score (nSPS) is 14.2. The van der Waals surface area contributed by atoms with Crippen LogP contribution in [0.15, 0.2) is 71.6 Å². The van der Waals surface area contributed by atoms with E-state index in [2.05, 4.69) is 5.32 Å². The zero-order valence-corrected chi connectivity index (χ0v) is 27.6. The Balaban J connectivity index is 1.77. The van der Waals surface area contributed by atoms with Gasteiger partial charge in [-0.15, -0.1) is 0 Å². The Kier molecular flexibility index (Phi) is 11.6. The van der Waals surface area contributed by atoms with Gasteiger partial charge in [-0.05, 0) is 75.1 Å². The summed E-state index contributed by atoms with van der Waals surface area (Å²) in [6.45, 7) is 5.20. The number of anilines is 1. The lowest BCUT2D eigenvalue weighted by Gasteiger charge is -2.34. The quantitative estimate of drug-likeness (QED) is 0.219. The molecule has 1 saturated carbocycles. The van der Waals surface area contributed by atoms with Crippen LogP contribution in [0.2, 0.25) is 10.0 Å². The van der Waals surface area contributed by atoms with Crippen molar-refractivity contribution in [3.05, 3.63) is 87.9 Å². The van der Waals surface area contributed by atoms with Crippen molar-refractivity contribution in [3.63, 3.8) is 0 Å². The molecule has 2 amide bonds. The lowest BCUT2D eigenvalue weighted by molar-refractivity contribution is -0.140. The lowest BCUT2D eigenvalue weighted by Crippen LogP contribution is -2.53. The molecule has 11 heteroatoms. The van der Waals surface area contributed by atoms with Crippen molar-refractivity contribution < 1.29 is 22.7 Å². The van der Waals surface area contributed by atoms with Crippen LogP contribution in [0.1, 0.15) is 57.1 Å². The second-order valence-electron chi connectivity index (χ2n) is 10.9. The van der Waals surface area contributed by atoms with E-state index < -0.39 is 28.5 Å². The fourth-order valence-electron chi connectivity index (χ4n) is 5.41. The summed E-state index contributed by atoms with van der Waals surface area (Å²) in [7, 11) is -4.24. The van der Waals surface area contributed by atoms with E-state index in [9.17, 15) is 18.0 Å². The molecule has 0 aromatic heterocycles. The van der Waals surface area contributed by atoms with Gasteiger partial charge in [0, 0.05) is 22.6 Å². The van der Waals surface area contributed by atoms with Gasteiger partial charge in [0.05, 0.1) is 17.2 Å². The fourth-order valence-corrected chi connectivity index (χ4v) is 7.30. The fraction of sp³-hybridized carbons (Fsp3) is 0.394. The van der Waals surface area contributed by atoms with Crippen LogP contribution in [0.5, 0.6) is 5.75 Å². The molecule has 0 heterocycles. The summed E-state index contributed by atoms with van der Waals surface area (Å²) >= 11 is 12.7. The summed E-state index contributed by atoms with van der Waals surface area (Å²) in [5.74, 6) is -0.524. The Morgan fingerprint density at radius 3 is 2.32 bits per heavy atom. The number of aryl methyl sites for hydroxylation is 1. The van der Waals surface area contributed by atoms with Crippen LogP contribution in [0.25, 0.3) is 0 Å². The molecule has 3 aromatic rings. The molecule has 0 unspecified atom stereocenters. The highest BCUT2D eigenvalue weighted by Crippen LogP contribution is 2.33. The highest BCUT2D eigenvalue weighted by molar-refractivity contribution is 7.92. The molecule has 1 fully saturated rings. The number of benzene rings is 3. The summed E-state index contributed by atoms with van der Waals surface area (Å²) in [6.07, 6.45) is 4.16. The first-order valence-electron chi connectivity index (χ1n) is 14.9. The molecule has 0 bridgehead atoms. The zero-order valence-electron chi connectivity index (χ0n) is 25.3. The zero-order chi connectivity index (χ0) is 31.9. The predicted octanol–water partition coefficient (Wildman–Crippen LogP) is 6.76. The van der Waals surface area contributed by atoms with Crippen LogP contribution in [-0.4, -0.2) is 50.4 Å². The van der Waals surface area contributed by atoms with Crippen molar-refractivity contribution in [2.75, 3.05) is 17.5 Å². The van der Waals surface area contributed by atoms with Crippen LogP contribution in [0.3, 0.4) is 0 Å². The number of nitrogens with zero attached hydrogens (tertiary/aromatic N) is 2. The molecule has 0 saturated heterocycles. The summed E-state index contributed by atoms with van der Waals surface area (Å²) in [4.78, 5) is 29.5. The van der Waals surface area contributed by atoms with Gasteiger partial charge in [-0.3, -0.25) is 13.9 Å². The van der Waals surface area contributed by atoms with Gasteiger partial charge in [-0.25, -0.2) is 8.42 Å². The minimum Gasteiger partial charge on any atom is -0.492 e. The third-order valence-corrected chi connectivity index (χ3v) is 10.1. The number of sulfonamides is 1. The predicted molar refractivity (Wildman–Crippen MR) is 175 cm³/mol. The molecule has 1 aliphatic rings. The summed E-state index contributed by atoms with van der Waals surface area (Å²) in [5, 5.41) is 3.88. The van der Waals surface area contributed by atoms with Crippen LogP contribution in [-0.2, 0) is 26.2 Å². The van der Waals surface area contributed by atoms with E-state index in [1.807, 2.05) is 13.8 Å². The van der Waals surface area contributed by atoms with Gasteiger partial charge in [0.25, 0.3) is 10.0 Å². The molecule has 3 aromatic carbocycles. The van der Waals surface area contributed by atoms with Gasteiger partial charge < -0.3 is 15.0 Å². The second-order valence-corrected chi connectivity index (χ2v) is 13.6. The molecular weight excluding hydrogens is 621 g/mol. The van der Waals surface area contributed by atoms with Crippen molar-refractivity contribution >= 4 is 50.7 Å². The van der Waals surface area contributed by atoms with Crippen molar-refractivity contribution in [3.8, 4) is 5.75 Å². The maximum absolute atomic E-state index is 14.4. The monoisotopic (exact) mass is 659 g/mol. The van der Waals surface area contributed by atoms with Crippen LogP contribution < -0.4 is 14.4 Å². The minimum absolute atomic E-state index is 0.0169. The second kappa shape index (κ2) is 15.1. The number of halogens is 2. The average Bonchev–Trinajstić information content (AvgIpc) is 3.50. The van der Waals surface area contributed by atoms with Gasteiger partial charge in [0.15, 0.2) is 0 Å². The third-order valence-electron chi connectivity index (χ3n) is 7.76. The maximum Gasteiger partial charge on any atom is 0.264 e. The van der Waals surface area contributed by atoms with E-state index in [1.54, 1.807) is 61.5 Å². The average molecular weight is 661 g/mol. The van der Waals surface area contributed by atoms with E-state index in [-0.39, 0.29) is 29.1 Å². The molecular formula is C33H39Cl2N3O5S.